The number of hydrogen-bond donors (Lipinski definition) is 0. The molecule has 0 saturated carbocycles. The minimum atomic E-state index is 0.768. The fourth-order valence-corrected chi connectivity index (χ4v) is 2.11. The van der Waals surface area contributed by atoms with Crippen molar-refractivity contribution in [3.8, 4) is 0 Å². The van der Waals surface area contributed by atoms with Crippen LogP contribution in [0.4, 0.5) is 0 Å². The predicted molar refractivity (Wildman–Crippen MR) is 72.5 cm³/mol. The molecular weight excluding hydrogens is 222 g/mol. The summed E-state index contributed by atoms with van der Waals surface area (Å²) in [6.45, 7) is 2.94. The van der Waals surface area contributed by atoms with Crippen LogP contribution in [0, 0.1) is 0 Å². The molecule has 0 saturated heterocycles. The third-order valence-corrected chi connectivity index (χ3v) is 3.09. The SMILES string of the molecule is CCc1ccc2nn(Cc3cccnc3)cc2c1. The molecule has 0 aliphatic heterocycles. The van der Waals surface area contributed by atoms with E-state index in [1.54, 1.807) is 6.20 Å². The molecule has 2 aromatic heterocycles. The zero-order chi connectivity index (χ0) is 12.4. The Morgan fingerprint density at radius 2 is 2.11 bits per heavy atom. The molecule has 0 unspecified atom stereocenters. The van der Waals surface area contributed by atoms with E-state index in [1.807, 2.05) is 16.9 Å². The van der Waals surface area contributed by atoms with Crippen LogP contribution in [0.5, 0.6) is 0 Å². The molecule has 0 radical (unpaired) electrons. The Kier molecular flexibility index (Phi) is 2.81. The van der Waals surface area contributed by atoms with Crippen LogP contribution in [0.15, 0.2) is 48.9 Å². The number of nitrogens with zero attached hydrogens (tertiary/aromatic N) is 3. The summed E-state index contributed by atoms with van der Waals surface area (Å²) < 4.78 is 1.97. The second kappa shape index (κ2) is 4.61. The molecule has 3 aromatic rings. The number of rotatable bonds is 3. The summed E-state index contributed by atoms with van der Waals surface area (Å²) in [5, 5.41) is 5.78. The number of pyridine rings is 1. The van der Waals surface area contributed by atoms with E-state index in [0.717, 1.165) is 18.5 Å². The summed E-state index contributed by atoms with van der Waals surface area (Å²) >= 11 is 0. The quantitative estimate of drug-likeness (QED) is 0.701. The topological polar surface area (TPSA) is 30.7 Å². The van der Waals surface area contributed by atoms with E-state index < -0.39 is 0 Å². The minimum Gasteiger partial charge on any atom is -0.267 e. The summed E-state index contributed by atoms with van der Waals surface area (Å²) in [5.74, 6) is 0. The molecule has 0 N–H and O–H groups in total. The van der Waals surface area contributed by atoms with Crippen LogP contribution < -0.4 is 0 Å². The van der Waals surface area contributed by atoms with Gasteiger partial charge in [0.1, 0.15) is 0 Å². The maximum Gasteiger partial charge on any atom is 0.0923 e. The second-order valence-corrected chi connectivity index (χ2v) is 4.43. The highest BCUT2D eigenvalue weighted by atomic mass is 15.3. The van der Waals surface area contributed by atoms with E-state index in [9.17, 15) is 0 Å². The maximum absolute atomic E-state index is 4.57. The Morgan fingerprint density at radius 3 is 2.89 bits per heavy atom. The van der Waals surface area contributed by atoms with Gasteiger partial charge in [-0.05, 0) is 35.7 Å². The van der Waals surface area contributed by atoms with Crippen LogP contribution in [0.2, 0.25) is 0 Å². The third kappa shape index (κ3) is 2.12. The molecule has 0 aliphatic rings. The monoisotopic (exact) mass is 237 g/mol. The molecule has 2 heterocycles. The van der Waals surface area contributed by atoms with Crippen molar-refractivity contribution in [1.82, 2.24) is 14.8 Å². The Morgan fingerprint density at radius 1 is 1.17 bits per heavy atom. The highest BCUT2D eigenvalue weighted by Gasteiger charge is 2.02. The lowest BCUT2D eigenvalue weighted by Crippen LogP contribution is -1.99. The van der Waals surface area contributed by atoms with E-state index in [1.165, 1.54) is 16.5 Å². The average Bonchev–Trinajstić information content (AvgIpc) is 2.80. The molecule has 18 heavy (non-hydrogen) atoms. The number of aryl methyl sites for hydroxylation is 1. The zero-order valence-electron chi connectivity index (χ0n) is 10.4. The lowest BCUT2D eigenvalue weighted by Gasteiger charge is -1.99. The van der Waals surface area contributed by atoms with Crippen molar-refractivity contribution < 1.29 is 0 Å². The molecule has 0 fully saturated rings. The number of aromatic nitrogens is 3. The molecule has 3 heteroatoms. The molecule has 3 rings (SSSR count). The van der Waals surface area contributed by atoms with Gasteiger partial charge < -0.3 is 0 Å². The molecule has 90 valence electrons. The van der Waals surface area contributed by atoms with Crippen molar-refractivity contribution in [3.63, 3.8) is 0 Å². The van der Waals surface area contributed by atoms with Gasteiger partial charge in [0, 0.05) is 24.0 Å². The number of fused-ring (bicyclic) bond motifs is 1. The summed E-state index contributed by atoms with van der Waals surface area (Å²) in [5.41, 5.74) is 3.57. The first-order valence-electron chi connectivity index (χ1n) is 6.20. The van der Waals surface area contributed by atoms with Gasteiger partial charge in [0.05, 0.1) is 12.1 Å². The lowest BCUT2D eigenvalue weighted by molar-refractivity contribution is 0.693. The molecule has 0 bridgehead atoms. The molecule has 0 atom stereocenters. The van der Waals surface area contributed by atoms with Gasteiger partial charge in [-0.2, -0.15) is 5.10 Å². The fourth-order valence-electron chi connectivity index (χ4n) is 2.11. The molecule has 1 aromatic carbocycles. The Hall–Kier alpha value is -2.16. The van der Waals surface area contributed by atoms with Crippen LogP contribution in [0.3, 0.4) is 0 Å². The molecule has 3 nitrogen and oxygen atoms in total. The average molecular weight is 237 g/mol. The van der Waals surface area contributed by atoms with Gasteiger partial charge in [0.25, 0.3) is 0 Å². The van der Waals surface area contributed by atoms with Crippen LogP contribution in [0.1, 0.15) is 18.1 Å². The highest BCUT2D eigenvalue weighted by Crippen LogP contribution is 2.15. The summed E-state index contributed by atoms with van der Waals surface area (Å²) in [4.78, 5) is 4.12. The van der Waals surface area contributed by atoms with E-state index in [4.69, 9.17) is 0 Å². The lowest BCUT2D eigenvalue weighted by atomic mass is 10.1. The summed E-state index contributed by atoms with van der Waals surface area (Å²) in [6, 6.07) is 10.5. The smallest absolute Gasteiger partial charge is 0.0923 e. The van der Waals surface area contributed by atoms with Gasteiger partial charge in [-0.3, -0.25) is 9.67 Å². The van der Waals surface area contributed by atoms with E-state index in [-0.39, 0.29) is 0 Å². The largest absolute Gasteiger partial charge is 0.267 e. The van der Waals surface area contributed by atoms with Crippen LogP contribution >= 0.6 is 0 Å². The Balaban J connectivity index is 1.94. The van der Waals surface area contributed by atoms with Crippen molar-refractivity contribution >= 4 is 10.9 Å². The normalized spacial score (nSPS) is 10.9. The van der Waals surface area contributed by atoms with Gasteiger partial charge in [-0.15, -0.1) is 0 Å². The number of benzene rings is 1. The van der Waals surface area contributed by atoms with Gasteiger partial charge in [-0.25, -0.2) is 0 Å². The zero-order valence-corrected chi connectivity index (χ0v) is 10.4. The van der Waals surface area contributed by atoms with Crippen molar-refractivity contribution in [1.29, 1.82) is 0 Å². The standard InChI is InChI=1S/C15H15N3/c1-2-12-5-6-15-14(8-12)11-18(17-15)10-13-4-3-7-16-9-13/h3-9,11H,2,10H2,1H3. The first-order valence-corrected chi connectivity index (χ1v) is 6.20. The van der Waals surface area contributed by atoms with Gasteiger partial charge in [-0.1, -0.05) is 19.1 Å². The van der Waals surface area contributed by atoms with Crippen molar-refractivity contribution in [2.45, 2.75) is 19.9 Å². The van der Waals surface area contributed by atoms with Crippen molar-refractivity contribution in [2.75, 3.05) is 0 Å². The van der Waals surface area contributed by atoms with Gasteiger partial charge in [0.15, 0.2) is 0 Å². The van der Waals surface area contributed by atoms with E-state index in [0.29, 0.717) is 0 Å². The van der Waals surface area contributed by atoms with E-state index in [2.05, 4.69) is 47.5 Å². The predicted octanol–water partition coefficient (Wildman–Crippen LogP) is 3.04. The molecule has 0 spiro atoms. The van der Waals surface area contributed by atoms with Crippen molar-refractivity contribution in [3.05, 3.63) is 60.0 Å². The Bertz CT molecular complexity index is 656. The summed E-state index contributed by atoms with van der Waals surface area (Å²) in [6.07, 6.45) is 6.83. The Labute approximate surface area is 106 Å². The first-order chi connectivity index (χ1) is 8.85. The van der Waals surface area contributed by atoms with E-state index >= 15 is 0 Å². The van der Waals surface area contributed by atoms with Crippen LogP contribution in [-0.2, 0) is 13.0 Å². The van der Waals surface area contributed by atoms with Crippen LogP contribution in [-0.4, -0.2) is 14.8 Å². The van der Waals surface area contributed by atoms with Gasteiger partial charge in [0.2, 0.25) is 0 Å². The van der Waals surface area contributed by atoms with Gasteiger partial charge >= 0.3 is 0 Å². The fraction of sp³-hybridized carbons (Fsp3) is 0.200. The molecular formula is C15H15N3. The highest BCUT2D eigenvalue weighted by molar-refractivity contribution is 5.78. The maximum atomic E-state index is 4.57. The second-order valence-electron chi connectivity index (χ2n) is 4.43. The molecule has 0 aliphatic carbocycles. The number of hydrogen-bond acceptors (Lipinski definition) is 2. The van der Waals surface area contributed by atoms with Crippen molar-refractivity contribution in [2.24, 2.45) is 0 Å². The summed E-state index contributed by atoms with van der Waals surface area (Å²) in [7, 11) is 0. The molecule has 0 amide bonds. The minimum absolute atomic E-state index is 0.768. The first kappa shape index (κ1) is 11.0. The third-order valence-electron chi connectivity index (χ3n) is 3.09. The van der Waals surface area contributed by atoms with Crippen LogP contribution in [0.25, 0.3) is 10.9 Å².